The van der Waals surface area contributed by atoms with Gasteiger partial charge in [0.2, 0.25) is 5.69 Å². The number of pyridine rings is 1. The van der Waals surface area contributed by atoms with Crippen molar-refractivity contribution in [2.45, 2.75) is 78.6 Å². The summed E-state index contributed by atoms with van der Waals surface area (Å²) in [5.74, 6) is 0.643. The zero-order valence-corrected chi connectivity index (χ0v) is 17.3. The summed E-state index contributed by atoms with van der Waals surface area (Å²) in [7, 11) is 2.20. The average molecular weight is 339 g/mol. The molecule has 25 heavy (non-hydrogen) atoms. The summed E-state index contributed by atoms with van der Waals surface area (Å²) in [6.45, 7) is 14.0. The van der Waals surface area contributed by atoms with Crippen LogP contribution >= 0.6 is 0 Å². The van der Waals surface area contributed by atoms with Crippen LogP contribution in [-0.4, -0.2) is 0 Å². The van der Waals surface area contributed by atoms with Crippen LogP contribution < -0.4 is 4.57 Å². The second kappa shape index (κ2) is 8.17. The number of aryl methyl sites for hydroxylation is 2. The molecule has 0 unspecified atom stereocenters. The van der Waals surface area contributed by atoms with E-state index in [1.165, 1.54) is 42.5 Å². The first-order valence-electron chi connectivity index (χ1n) is 10.0. The van der Waals surface area contributed by atoms with E-state index in [9.17, 15) is 0 Å². The normalized spacial score (nSPS) is 12.0. The number of hydrogen-bond acceptors (Lipinski definition) is 0. The molecule has 0 amide bonds. The fourth-order valence-electron chi connectivity index (χ4n) is 4.01. The molecule has 0 fully saturated rings. The van der Waals surface area contributed by atoms with Crippen molar-refractivity contribution < 1.29 is 4.57 Å². The molecule has 136 valence electrons. The molecular formula is C24H36N+. The van der Waals surface area contributed by atoms with Gasteiger partial charge in [0.05, 0.1) is 0 Å². The van der Waals surface area contributed by atoms with Crippen molar-refractivity contribution >= 4 is 0 Å². The van der Waals surface area contributed by atoms with Crippen LogP contribution in [0.5, 0.6) is 0 Å². The van der Waals surface area contributed by atoms with Crippen LogP contribution in [-0.2, 0) is 12.5 Å². The lowest BCUT2D eigenvalue weighted by atomic mass is 9.73. The molecule has 1 aromatic carbocycles. The first kappa shape index (κ1) is 19.7. The summed E-state index contributed by atoms with van der Waals surface area (Å²) in [4.78, 5) is 0. The predicted molar refractivity (Wildman–Crippen MR) is 109 cm³/mol. The quantitative estimate of drug-likeness (QED) is 0.509. The van der Waals surface area contributed by atoms with Crippen LogP contribution in [0.2, 0.25) is 0 Å². The molecule has 2 aromatic rings. The summed E-state index contributed by atoms with van der Waals surface area (Å²) in [5.41, 5.74) is 7.37. The summed E-state index contributed by atoms with van der Waals surface area (Å²) >= 11 is 0. The zero-order valence-electron chi connectivity index (χ0n) is 17.3. The SMILES string of the molecule is CCC(CC)c1c[n+](C)c(-c2ccccc2C)cc1C(C)(CC)CC. The van der Waals surface area contributed by atoms with Crippen LogP contribution in [0.15, 0.2) is 36.5 Å². The average Bonchev–Trinajstić information content (AvgIpc) is 2.63. The predicted octanol–water partition coefficient (Wildman–Crippen LogP) is 6.47. The van der Waals surface area contributed by atoms with E-state index in [1.54, 1.807) is 11.1 Å². The Hall–Kier alpha value is -1.63. The maximum absolute atomic E-state index is 2.49. The van der Waals surface area contributed by atoms with E-state index < -0.39 is 0 Å². The van der Waals surface area contributed by atoms with Gasteiger partial charge in [-0.1, -0.05) is 52.8 Å². The van der Waals surface area contributed by atoms with Gasteiger partial charge in [-0.2, -0.15) is 0 Å². The van der Waals surface area contributed by atoms with Gasteiger partial charge in [0.15, 0.2) is 6.20 Å². The summed E-state index contributed by atoms with van der Waals surface area (Å²) in [6, 6.07) is 11.2. The summed E-state index contributed by atoms with van der Waals surface area (Å²) in [6.07, 6.45) is 7.18. The summed E-state index contributed by atoms with van der Waals surface area (Å²) < 4.78 is 2.34. The van der Waals surface area contributed by atoms with Crippen LogP contribution in [0.25, 0.3) is 11.3 Å². The molecular weight excluding hydrogens is 302 g/mol. The van der Waals surface area contributed by atoms with Crippen LogP contribution in [0.3, 0.4) is 0 Å². The third kappa shape index (κ3) is 3.81. The number of aromatic nitrogens is 1. The molecule has 2 rings (SSSR count). The molecule has 0 saturated heterocycles. The number of nitrogens with zero attached hydrogens (tertiary/aromatic N) is 1. The van der Waals surface area contributed by atoms with Crippen LogP contribution in [0, 0.1) is 6.92 Å². The molecule has 1 heteroatoms. The van der Waals surface area contributed by atoms with Crippen molar-refractivity contribution in [2.24, 2.45) is 7.05 Å². The standard InChI is InChI=1S/C24H36N/c1-8-19(9-2)21-17-25(7)23(20-15-13-12-14-18(20)5)16-22(21)24(6,10-3)11-4/h12-17,19H,8-11H2,1-7H3/q+1. The van der Waals surface area contributed by atoms with E-state index in [2.05, 4.69) is 89.7 Å². The van der Waals surface area contributed by atoms with Gasteiger partial charge in [0, 0.05) is 17.2 Å². The Morgan fingerprint density at radius 3 is 2.12 bits per heavy atom. The van der Waals surface area contributed by atoms with Crippen molar-refractivity contribution in [3.8, 4) is 11.3 Å². The lowest BCUT2D eigenvalue weighted by molar-refractivity contribution is -0.661. The van der Waals surface area contributed by atoms with Gasteiger partial charge in [0.1, 0.15) is 7.05 Å². The smallest absolute Gasteiger partial charge is 0.201 e. The number of rotatable bonds is 7. The van der Waals surface area contributed by atoms with Crippen molar-refractivity contribution in [1.29, 1.82) is 0 Å². The molecule has 0 aliphatic carbocycles. The molecule has 0 aliphatic heterocycles. The van der Waals surface area contributed by atoms with Gasteiger partial charge < -0.3 is 0 Å². The largest absolute Gasteiger partial charge is 0.212 e. The molecule has 0 saturated carbocycles. The lowest BCUT2D eigenvalue weighted by Crippen LogP contribution is -2.35. The van der Waals surface area contributed by atoms with E-state index in [0.717, 1.165) is 0 Å². The van der Waals surface area contributed by atoms with Gasteiger partial charge >= 0.3 is 0 Å². The van der Waals surface area contributed by atoms with E-state index in [4.69, 9.17) is 0 Å². The van der Waals surface area contributed by atoms with E-state index in [-0.39, 0.29) is 5.41 Å². The first-order valence-corrected chi connectivity index (χ1v) is 10.0. The maximum Gasteiger partial charge on any atom is 0.212 e. The fourth-order valence-corrected chi connectivity index (χ4v) is 4.01. The Morgan fingerprint density at radius 2 is 1.60 bits per heavy atom. The second-order valence-electron chi connectivity index (χ2n) is 7.73. The topological polar surface area (TPSA) is 3.88 Å². The Balaban J connectivity index is 2.77. The highest BCUT2D eigenvalue weighted by Crippen LogP contribution is 2.39. The molecule has 0 radical (unpaired) electrons. The summed E-state index contributed by atoms with van der Waals surface area (Å²) in [5, 5.41) is 0. The number of hydrogen-bond donors (Lipinski definition) is 0. The van der Waals surface area contributed by atoms with E-state index >= 15 is 0 Å². The van der Waals surface area contributed by atoms with Crippen LogP contribution in [0.4, 0.5) is 0 Å². The van der Waals surface area contributed by atoms with Crippen molar-refractivity contribution in [3.63, 3.8) is 0 Å². The Labute approximate surface area is 155 Å². The van der Waals surface area contributed by atoms with E-state index in [0.29, 0.717) is 5.92 Å². The molecule has 0 aliphatic rings. The molecule has 1 nitrogen and oxygen atoms in total. The van der Waals surface area contributed by atoms with Gasteiger partial charge in [0.25, 0.3) is 0 Å². The van der Waals surface area contributed by atoms with Gasteiger partial charge in [-0.3, -0.25) is 0 Å². The lowest BCUT2D eigenvalue weighted by Gasteiger charge is -2.31. The monoisotopic (exact) mass is 338 g/mol. The molecule has 1 aromatic heterocycles. The van der Waals surface area contributed by atoms with Crippen molar-refractivity contribution in [3.05, 3.63) is 53.2 Å². The molecule has 1 heterocycles. The minimum Gasteiger partial charge on any atom is -0.201 e. The second-order valence-corrected chi connectivity index (χ2v) is 7.73. The Bertz CT molecular complexity index is 706. The minimum atomic E-state index is 0.240. The van der Waals surface area contributed by atoms with Crippen LogP contribution in [0.1, 0.15) is 82.9 Å². The molecule has 0 bridgehead atoms. The third-order valence-electron chi connectivity index (χ3n) is 6.36. The number of benzene rings is 1. The zero-order chi connectivity index (χ0) is 18.6. The fraction of sp³-hybridized carbons (Fsp3) is 0.542. The molecule has 0 atom stereocenters. The Morgan fingerprint density at radius 1 is 1.00 bits per heavy atom. The van der Waals surface area contributed by atoms with E-state index in [1.807, 2.05) is 0 Å². The maximum atomic E-state index is 2.49. The molecule has 0 N–H and O–H groups in total. The van der Waals surface area contributed by atoms with Crippen molar-refractivity contribution in [2.75, 3.05) is 0 Å². The minimum absolute atomic E-state index is 0.240. The van der Waals surface area contributed by atoms with Gasteiger partial charge in [-0.25, -0.2) is 4.57 Å². The highest BCUT2D eigenvalue weighted by Gasteiger charge is 2.31. The Kier molecular flexibility index (Phi) is 6.43. The highest BCUT2D eigenvalue weighted by atomic mass is 14.9. The van der Waals surface area contributed by atoms with Crippen molar-refractivity contribution in [1.82, 2.24) is 0 Å². The van der Waals surface area contributed by atoms with Gasteiger partial charge in [-0.05, 0) is 61.1 Å². The molecule has 0 spiro atoms. The first-order chi connectivity index (χ1) is 11.9. The highest BCUT2D eigenvalue weighted by molar-refractivity contribution is 5.62. The third-order valence-corrected chi connectivity index (χ3v) is 6.36. The van der Waals surface area contributed by atoms with Gasteiger partial charge in [-0.15, -0.1) is 0 Å².